The second-order valence-corrected chi connectivity index (χ2v) is 4.98. The molecule has 4 N–H and O–H groups in total. The second-order valence-electron chi connectivity index (χ2n) is 3.99. The summed E-state index contributed by atoms with van der Waals surface area (Å²) < 4.78 is 0. The van der Waals surface area contributed by atoms with E-state index in [1.807, 2.05) is 24.3 Å². The van der Waals surface area contributed by atoms with Crippen molar-refractivity contribution in [3.63, 3.8) is 0 Å². The maximum Gasteiger partial charge on any atom is 0.279 e. The van der Waals surface area contributed by atoms with E-state index in [-0.39, 0.29) is 11.1 Å². The van der Waals surface area contributed by atoms with Crippen LogP contribution in [0.4, 0.5) is 4.79 Å². The normalized spacial score (nSPS) is 18.5. The van der Waals surface area contributed by atoms with E-state index in [4.69, 9.17) is 5.73 Å². The van der Waals surface area contributed by atoms with Crippen molar-refractivity contribution in [1.82, 2.24) is 10.6 Å². The Balaban J connectivity index is 1.91. The van der Waals surface area contributed by atoms with Gasteiger partial charge in [-0.3, -0.25) is 9.59 Å². The zero-order valence-electron chi connectivity index (χ0n) is 9.81. The Labute approximate surface area is 110 Å². The summed E-state index contributed by atoms with van der Waals surface area (Å²) in [5.41, 5.74) is 7.65. The predicted octanol–water partition coefficient (Wildman–Crippen LogP) is 0.586. The van der Waals surface area contributed by atoms with Crippen molar-refractivity contribution in [2.45, 2.75) is 19.1 Å². The molecule has 2 amide bonds. The Bertz CT molecular complexity index is 464. The third-order valence-corrected chi connectivity index (χ3v) is 3.66. The summed E-state index contributed by atoms with van der Waals surface area (Å²) in [6, 6.07) is 7.28. The Hall–Kier alpha value is -1.53. The van der Waals surface area contributed by atoms with Crippen molar-refractivity contribution >= 4 is 22.9 Å². The fourth-order valence-corrected chi connectivity index (χ4v) is 2.54. The molecule has 96 valence electrons. The largest absolute Gasteiger partial charge is 0.350 e. The highest BCUT2D eigenvalue weighted by Crippen LogP contribution is 2.13. The molecule has 1 aromatic carbocycles. The monoisotopic (exact) mass is 265 g/mol. The Kier molecular flexibility index (Phi) is 4.22. The molecular weight excluding hydrogens is 250 g/mol. The average Bonchev–Trinajstić information content (AvgIpc) is 2.83. The first-order chi connectivity index (χ1) is 8.70. The molecule has 6 heteroatoms. The van der Waals surface area contributed by atoms with Crippen LogP contribution < -0.4 is 16.4 Å². The van der Waals surface area contributed by atoms with Gasteiger partial charge in [0.05, 0.1) is 0 Å². The van der Waals surface area contributed by atoms with Crippen LogP contribution in [0.3, 0.4) is 0 Å². The zero-order chi connectivity index (χ0) is 13.0. The van der Waals surface area contributed by atoms with Gasteiger partial charge in [-0.25, -0.2) is 0 Å². The summed E-state index contributed by atoms with van der Waals surface area (Å²) in [5.74, 6) is 0.337. The number of nitrogens with one attached hydrogen (secondary N) is 2. The van der Waals surface area contributed by atoms with E-state index in [1.54, 1.807) is 0 Å². The molecular formula is C12H15N3O2S. The molecule has 0 radical (unpaired) electrons. The van der Waals surface area contributed by atoms with Crippen LogP contribution in [0.2, 0.25) is 0 Å². The lowest BCUT2D eigenvalue weighted by molar-refractivity contribution is -0.122. The minimum Gasteiger partial charge on any atom is -0.350 e. The van der Waals surface area contributed by atoms with Crippen molar-refractivity contribution in [1.29, 1.82) is 0 Å². The van der Waals surface area contributed by atoms with Gasteiger partial charge in [0.1, 0.15) is 6.04 Å². The fourth-order valence-electron chi connectivity index (χ4n) is 1.76. The highest BCUT2D eigenvalue weighted by molar-refractivity contribution is 8.14. The van der Waals surface area contributed by atoms with Gasteiger partial charge < -0.3 is 16.4 Å². The summed E-state index contributed by atoms with van der Waals surface area (Å²) in [6.45, 7) is 0.880. The van der Waals surface area contributed by atoms with Crippen LogP contribution in [0.15, 0.2) is 24.3 Å². The van der Waals surface area contributed by atoms with Crippen molar-refractivity contribution < 1.29 is 9.59 Å². The van der Waals surface area contributed by atoms with E-state index in [0.717, 1.165) is 22.9 Å². The van der Waals surface area contributed by atoms with Gasteiger partial charge in [-0.2, -0.15) is 0 Å². The first-order valence-electron chi connectivity index (χ1n) is 5.68. The highest BCUT2D eigenvalue weighted by atomic mass is 32.2. The molecule has 1 unspecified atom stereocenters. The van der Waals surface area contributed by atoms with E-state index in [2.05, 4.69) is 10.6 Å². The molecule has 1 aromatic rings. The predicted molar refractivity (Wildman–Crippen MR) is 71.0 cm³/mol. The minimum atomic E-state index is -0.424. The Morgan fingerprint density at radius 2 is 2.17 bits per heavy atom. The Morgan fingerprint density at radius 3 is 2.78 bits per heavy atom. The SMILES string of the molecule is NCc1ccccc1CNC(=O)C1CSC(=O)N1. The third-order valence-electron chi connectivity index (χ3n) is 2.78. The molecule has 0 aliphatic carbocycles. The second kappa shape index (κ2) is 5.88. The van der Waals surface area contributed by atoms with Crippen LogP contribution in [0.25, 0.3) is 0 Å². The molecule has 0 aromatic heterocycles. The van der Waals surface area contributed by atoms with Gasteiger partial charge >= 0.3 is 0 Å². The van der Waals surface area contributed by atoms with Gasteiger partial charge in [0.25, 0.3) is 5.24 Å². The maximum absolute atomic E-state index is 11.8. The molecule has 0 spiro atoms. The number of carbonyl (C=O) groups excluding carboxylic acids is 2. The van der Waals surface area contributed by atoms with Crippen LogP contribution in [0, 0.1) is 0 Å². The zero-order valence-corrected chi connectivity index (χ0v) is 10.6. The summed E-state index contributed by atoms with van der Waals surface area (Å²) in [5, 5.41) is 5.28. The van der Waals surface area contributed by atoms with Crippen molar-refractivity contribution in [3.05, 3.63) is 35.4 Å². The quantitative estimate of drug-likeness (QED) is 0.744. The number of amides is 2. The lowest BCUT2D eigenvalue weighted by Gasteiger charge is -2.12. The van der Waals surface area contributed by atoms with E-state index in [1.165, 1.54) is 0 Å². The van der Waals surface area contributed by atoms with Crippen LogP contribution in [-0.4, -0.2) is 22.9 Å². The van der Waals surface area contributed by atoms with Crippen LogP contribution in [-0.2, 0) is 17.9 Å². The number of hydrogen-bond donors (Lipinski definition) is 3. The maximum atomic E-state index is 11.8. The molecule has 5 nitrogen and oxygen atoms in total. The molecule has 18 heavy (non-hydrogen) atoms. The lowest BCUT2D eigenvalue weighted by atomic mass is 10.1. The molecule has 1 atom stereocenters. The molecule has 1 heterocycles. The molecule has 2 rings (SSSR count). The average molecular weight is 265 g/mol. The number of benzene rings is 1. The van der Waals surface area contributed by atoms with E-state index < -0.39 is 6.04 Å². The van der Waals surface area contributed by atoms with Gasteiger partial charge in [-0.05, 0) is 11.1 Å². The molecule has 1 saturated heterocycles. The smallest absolute Gasteiger partial charge is 0.279 e. The van der Waals surface area contributed by atoms with Gasteiger partial charge in [0.2, 0.25) is 5.91 Å². The molecule has 1 fully saturated rings. The topological polar surface area (TPSA) is 84.2 Å². The molecule has 1 aliphatic heterocycles. The summed E-state index contributed by atoms with van der Waals surface area (Å²) in [4.78, 5) is 22.8. The standard InChI is InChI=1S/C12H15N3O2S/c13-5-8-3-1-2-4-9(8)6-14-11(16)10-7-18-12(17)15-10/h1-4,10H,5-7,13H2,(H,14,16)(H,15,17). The van der Waals surface area contributed by atoms with Gasteiger partial charge in [-0.15, -0.1) is 0 Å². The minimum absolute atomic E-state index is 0.141. The summed E-state index contributed by atoms with van der Waals surface area (Å²) in [7, 11) is 0. The van der Waals surface area contributed by atoms with Crippen molar-refractivity contribution in [3.8, 4) is 0 Å². The number of rotatable bonds is 4. The molecule has 1 aliphatic rings. The van der Waals surface area contributed by atoms with Crippen LogP contribution >= 0.6 is 11.8 Å². The van der Waals surface area contributed by atoms with Gasteiger partial charge in [-0.1, -0.05) is 36.0 Å². The summed E-state index contributed by atoms with van der Waals surface area (Å²) in [6.07, 6.45) is 0. The van der Waals surface area contributed by atoms with Crippen LogP contribution in [0.5, 0.6) is 0 Å². The third kappa shape index (κ3) is 3.02. The van der Waals surface area contributed by atoms with Crippen molar-refractivity contribution in [2.24, 2.45) is 5.73 Å². The molecule has 0 saturated carbocycles. The first kappa shape index (κ1) is 12.9. The van der Waals surface area contributed by atoms with Gasteiger partial charge in [0, 0.05) is 18.8 Å². The van der Waals surface area contributed by atoms with Gasteiger partial charge in [0.15, 0.2) is 0 Å². The number of hydrogen-bond acceptors (Lipinski definition) is 4. The van der Waals surface area contributed by atoms with E-state index >= 15 is 0 Å². The van der Waals surface area contributed by atoms with Crippen LogP contribution in [0.1, 0.15) is 11.1 Å². The Morgan fingerprint density at radius 1 is 1.44 bits per heavy atom. The fraction of sp³-hybridized carbons (Fsp3) is 0.333. The van der Waals surface area contributed by atoms with E-state index in [0.29, 0.717) is 18.8 Å². The summed E-state index contributed by atoms with van der Waals surface area (Å²) >= 11 is 1.13. The number of carbonyl (C=O) groups is 2. The number of thioether (sulfide) groups is 1. The number of nitrogens with two attached hydrogens (primary N) is 1. The lowest BCUT2D eigenvalue weighted by Crippen LogP contribution is -2.42. The van der Waals surface area contributed by atoms with Crippen molar-refractivity contribution in [2.75, 3.05) is 5.75 Å². The highest BCUT2D eigenvalue weighted by Gasteiger charge is 2.27. The van der Waals surface area contributed by atoms with E-state index in [9.17, 15) is 9.59 Å². The molecule has 0 bridgehead atoms. The first-order valence-corrected chi connectivity index (χ1v) is 6.67.